The van der Waals surface area contributed by atoms with E-state index in [1.165, 1.54) is 7.05 Å². The first-order chi connectivity index (χ1) is 11.1. The molecule has 2 aromatic carbocycles. The monoisotopic (exact) mass is 310 g/mol. The summed E-state index contributed by atoms with van der Waals surface area (Å²) in [6, 6.07) is 18.2. The van der Waals surface area contributed by atoms with E-state index >= 15 is 0 Å². The van der Waals surface area contributed by atoms with E-state index < -0.39 is 11.2 Å². The van der Waals surface area contributed by atoms with Crippen LogP contribution in [0.2, 0.25) is 0 Å². The molecule has 6 heteroatoms. The van der Waals surface area contributed by atoms with Crippen molar-refractivity contribution in [3.8, 4) is 22.8 Å². The van der Waals surface area contributed by atoms with E-state index in [2.05, 4.69) is 0 Å². The van der Waals surface area contributed by atoms with Crippen LogP contribution in [0.1, 0.15) is 0 Å². The van der Waals surface area contributed by atoms with Crippen molar-refractivity contribution in [3.05, 3.63) is 81.5 Å². The van der Waals surface area contributed by atoms with Crippen molar-refractivity contribution in [3.63, 3.8) is 0 Å². The van der Waals surface area contributed by atoms with Gasteiger partial charge in [0.15, 0.2) is 0 Å². The molecule has 0 spiro atoms. The second-order valence-electron chi connectivity index (χ2n) is 4.97. The zero-order valence-corrected chi connectivity index (χ0v) is 12.3. The van der Waals surface area contributed by atoms with Crippen LogP contribution >= 0.6 is 0 Å². The van der Waals surface area contributed by atoms with E-state index in [-0.39, 0.29) is 10.6 Å². The van der Waals surface area contributed by atoms with Gasteiger partial charge in [0.2, 0.25) is 5.88 Å². The summed E-state index contributed by atoms with van der Waals surface area (Å²) in [7, 11) is 1.40. The summed E-state index contributed by atoms with van der Waals surface area (Å²) in [6.07, 6.45) is 0. The van der Waals surface area contributed by atoms with Gasteiger partial charge in [-0.2, -0.15) is 0 Å². The van der Waals surface area contributed by atoms with Crippen molar-refractivity contribution in [2.75, 3.05) is 0 Å². The fraction of sp³-hybridized carbons (Fsp3) is 0.0588. The van der Waals surface area contributed by atoms with Crippen LogP contribution in [0.25, 0.3) is 11.1 Å². The summed E-state index contributed by atoms with van der Waals surface area (Å²) in [5, 5.41) is 9.26. The van der Waals surface area contributed by atoms with Gasteiger partial charge in [-0.3, -0.25) is 9.36 Å². The van der Waals surface area contributed by atoms with Gasteiger partial charge in [0.1, 0.15) is 5.75 Å². The Bertz CT molecular complexity index is 941. The first-order valence-corrected chi connectivity index (χ1v) is 6.92. The maximum atomic E-state index is 11.6. The lowest BCUT2D eigenvalue weighted by Gasteiger charge is -2.10. The Labute approximate surface area is 131 Å². The molecule has 0 radical (unpaired) electrons. The number of benzene rings is 2. The standard InChI is InChI=1S/C17H14N2O4/c1-18-16(11-15(20)19(22)17(18)21)23-14-9-7-13(8-10-14)12-5-3-2-4-6-12/h2-11,22H,1H3. The van der Waals surface area contributed by atoms with Crippen LogP contribution in [-0.2, 0) is 7.05 Å². The van der Waals surface area contributed by atoms with Gasteiger partial charge in [-0.1, -0.05) is 47.2 Å². The molecule has 116 valence electrons. The van der Waals surface area contributed by atoms with Gasteiger partial charge in [-0.25, -0.2) is 4.79 Å². The minimum absolute atomic E-state index is 0.0331. The summed E-state index contributed by atoms with van der Waals surface area (Å²) < 4.78 is 6.64. The van der Waals surface area contributed by atoms with E-state index in [4.69, 9.17) is 4.74 Å². The molecule has 1 heterocycles. The number of hydrogen-bond acceptors (Lipinski definition) is 4. The summed E-state index contributed by atoms with van der Waals surface area (Å²) >= 11 is 0. The Morgan fingerprint density at radius 2 is 1.52 bits per heavy atom. The summed E-state index contributed by atoms with van der Waals surface area (Å²) in [6.45, 7) is 0. The van der Waals surface area contributed by atoms with Crippen LogP contribution in [0.5, 0.6) is 11.6 Å². The lowest BCUT2D eigenvalue weighted by molar-refractivity contribution is 0.153. The third-order valence-electron chi connectivity index (χ3n) is 3.44. The van der Waals surface area contributed by atoms with Gasteiger partial charge in [-0.05, 0) is 23.3 Å². The van der Waals surface area contributed by atoms with Gasteiger partial charge in [-0.15, -0.1) is 0 Å². The van der Waals surface area contributed by atoms with E-state index in [0.717, 1.165) is 21.8 Å². The first-order valence-electron chi connectivity index (χ1n) is 6.92. The zero-order chi connectivity index (χ0) is 16.4. The Morgan fingerprint density at radius 1 is 0.913 bits per heavy atom. The molecule has 6 nitrogen and oxygen atoms in total. The number of nitrogens with zero attached hydrogens (tertiary/aromatic N) is 2. The van der Waals surface area contributed by atoms with E-state index in [1.807, 2.05) is 42.5 Å². The van der Waals surface area contributed by atoms with E-state index in [0.29, 0.717) is 5.75 Å². The van der Waals surface area contributed by atoms with Gasteiger partial charge in [0, 0.05) is 7.05 Å². The van der Waals surface area contributed by atoms with Crippen molar-refractivity contribution in [2.45, 2.75) is 0 Å². The third kappa shape index (κ3) is 2.87. The average molecular weight is 310 g/mol. The molecule has 0 fully saturated rings. The van der Waals surface area contributed by atoms with Crippen LogP contribution in [0.4, 0.5) is 0 Å². The molecule has 0 unspecified atom stereocenters. The summed E-state index contributed by atoms with van der Waals surface area (Å²) in [5.74, 6) is 0.535. The molecule has 1 N–H and O–H groups in total. The van der Waals surface area contributed by atoms with Gasteiger partial charge in [0.25, 0.3) is 5.56 Å². The molecule has 23 heavy (non-hydrogen) atoms. The Kier molecular flexibility index (Phi) is 3.72. The fourth-order valence-electron chi connectivity index (χ4n) is 2.16. The predicted octanol–water partition coefficient (Wildman–Crippen LogP) is 2.24. The van der Waals surface area contributed by atoms with Crippen LogP contribution in [0.3, 0.4) is 0 Å². The molecule has 3 aromatic rings. The van der Waals surface area contributed by atoms with Crippen molar-refractivity contribution < 1.29 is 9.94 Å². The highest BCUT2D eigenvalue weighted by Gasteiger charge is 2.09. The second kappa shape index (κ2) is 5.84. The Balaban J connectivity index is 1.90. The first kappa shape index (κ1) is 14.6. The molecule has 0 atom stereocenters. The topological polar surface area (TPSA) is 73.5 Å². The molecule has 0 saturated carbocycles. The normalized spacial score (nSPS) is 10.5. The molecule has 3 rings (SSSR count). The van der Waals surface area contributed by atoms with Crippen LogP contribution in [-0.4, -0.2) is 14.5 Å². The molecule has 0 aliphatic carbocycles. The van der Waals surface area contributed by atoms with Crippen molar-refractivity contribution in [1.29, 1.82) is 0 Å². The Hall–Kier alpha value is -3.28. The van der Waals surface area contributed by atoms with Crippen LogP contribution in [0.15, 0.2) is 70.3 Å². The van der Waals surface area contributed by atoms with Gasteiger partial charge < -0.3 is 9.94 Å². The SMILES string of the molecule is Cn1c(Oc2ccc(-c3ccccc3)cc2)cc(=O)n(O)c1=O. The summed E-state index contributed by atoms with van der Waals surface area (Å²) in [5.41, 5.74) is 0.393. The molecule has 0 aliphatic heterocycles. The molecule has 1 aromatic heterocycles. The maximum Gasteiger partial charge on any atom is 0.366 e. The fourth-order valence-corrected chi connectivity index (χ4v) is 2.16. The van der Waals surface area contributed by atoms with Crippen molar-refractivity contribution in [2.24, 2.45) is 7.05 Å². The van der Waals surface area contributed by atoms with Crippen molar-refractivity contribution >= 4 is 0 Å². The van der Waals surface area contributed by atoms with Gasteiger partial charge >= 0.3 is 5.69 Å². The number of aromatic nitrogens is 2. The summed E-state index contributed by atoms with van der Waals surface area (Å²) in [4.78, 5) is 23.1. The predicted molar refractivity (Wildman–Crippen MR) is 85.1 cm³/mol. The molecular weight excluding hydrogens is 296 g/mol. The van der Waals surface area contributed by atoms with Crippen molar-refractivity contribution in [1.82, 2.24) is 9.30 Å². The highest BCUT2D eigenvalue weighted by Crippen LogP contribution is 2.24. The number of hydrogen-bond donors (Lipinski definition) is 1. The van der Waals surface area contributed by atoms with E-state index in [9.17, 15) is 14.8 Å². The Morgan fingerprint density at radius 3 is 2.17 bits per heavy atom. The van der Waals surface area contributed by atoms with Gasteiger partial charge in [0.05, 0.1) is 6.07 Å². The number of ether oxygens (including phenoxy) is 1. The minimum Gasteiger partial charge on any atom is -0.440 e. The van der Waals surface area contributed by atoms with Crippen LogP contribution in [0, 0.1) is 0 Å². The zero-order valence-electron chi connectivity index (χ0n) is 12.3. The average Bonchev–Trinajstić information content (AvgIpc) is 2.59. The molecular formula is C17H14N2O4. The van der Waals surface area contributed by atoms with E-state index in [1.54, 1.807) is 12.1 Å². The number of rotatable bonds is 3. The second-order valence-corrected chi connectivity index (χ2v) is 4.97. The molecule has 0 amide bonds. The molecule has 0 bridgehead atoms. The lowest BCUT2D eigenvalue weighted by atomic mass is 10.1. The van der Waals surface area contributed by atoms with Crippen LogP contribution < -0.4 is 16.0 Å². The highest BCUT2D eigenvalue weighted by atomic mass is 16.5. The highest BCUT2D eigenvalue weighted by molar-refractivity contribution is 5.63. The molecule has 0 saturated heterocycles. The smallest absolute Gasteiger partial charge is 0.366 e. The largest absolute Gasteiger partial charge is 0.440 e. The quantitative estimate of drug-likeness (QED) is 0.753. The lowest BCUT2D eigenvalue weighted by Crippen LogP contribution is -2.37. The molecule has 0 aliphatic rings. The third-order valence-corrected chi connectivity index (χ3v) is 3.44. The maximum absolute atomic E-state index is 11.6. The minimum atomic E-state index is -0.867.